The summed E-state index contributed by atoms with van der Waals surface area (Å²) in [6, 6.07) is 3.30. The first kappa shape index (κ1) is 15.9. The molecule has 1 amide bonds. The number of hydrogen-bond donors (Lipinski definition) is 2. The van der Waals surface area contributed by atoms with E-state index < -0.39 is 16.4 Å². The van der Waals surface area contributed by atoms with Crippen LogP contribution in [-0.2, 0) is 0 Å². The smallest absolute Gasteiger partial charge is 0.282 e. The summed E-state index contributed by atoms with van der Waals surface area (Å²) in [6.07, 6.45) is 0. The van der Waals surface area contributed by atoms with Crippen molar-refractivity contribution < 1.29 is 19.9 Å². The third-order valence-corrected chi connectivity index (χ3v) is 2.65. The Morgan fingerprint density at radius 2 is 2.05 bits per heavy atom. The van der Waals surface area contributed by atoms with E-state index in [9.17, 15) is 25.1 Å². The molecule has 0 atom stereocenters. The molecule has 0 saturated carbocycles. The van der Waals surface area contributed by atoms with Crippen molar-refractivity contribution in [3.63, 3.8) is 0 Å². The van der Waals surface area contributed by atoms with Gasteiger partial charge in [-0.1, -0.05) is 0 Å². The number of rotatable bonds is 5. The van der Waals surface area contributed by atoms with Gasteiger partial charge in [-0.05, 0) is 32.9 Å². The van der Waals surface area contributed by atoms with Crippen LogP contribution in [-0.4, -0.2) is 44.6 Å². The molecular weight excluding hydrogens is 264 g/mol. The van der Waals surface area contributed by atoms with Crippen LogP contribution in [0.2, 0.25) is 0 Å². The van der Waals surface area contributed by atoms with Crippen molar-refractivity contribution in [1.29, 1.82) is 0 Å². The Morgan fingerprint density at radius 3 is 2.50 bits per heavy atom. The van der Waals surface area contributed by atoms with Crippen molar-refractivity contribution in [2.24, 2.45) is 0 Å². The minimum absolute atomic E-state index is 0.0368. The second-order valence-electron chi connectivity index (χ2n) is 5.09. The summed E-state index contributed by atoms with van der Waals surface area (Å²) < 4.78 is 0. The number of carbonyl (C=O) groups excluding carboxylic acids is 1. The molecule has 0 saturated heterocycles. The van der Waals surface area contributed by atoms with Crippen molar-refractivity contribution in [2.45, 2.75) is 26.4 Å². The highest BCUT2D eigenvalue weighted by atomic mass is 16.6. The van der Waals surface area contributed by atoms with Crippen LogP contribution in [0.3, 0.4) is 0 Å². The fourth-order valence-electron chi connectivity index (χ4n) is 1.82. The van der Waals surface area contributed by atoms with Crippen LogP contribution in [0.25, 0.3) is 0 Å². The molecule has 110 valence electrons. The van der Waals surface area contributed by atoms with Gasteiger partial charge in [0.25, 0.3) is 11.6 Å². The Hall–Kier alpha value is -2.15. The van der Waals surface area contributed by atoms with Crippen LogP contribution < -0.4 is 0 Å². The molecule has 0 fully saturated rings. The summed E-state index contributed by atoms with van der Waals surface area (Å²) in [5, 5.41) is 30.1. The standard InChI is InChI=1S/C13H18N2O5/c1-4-14(8-13(2,3)18)12(17)10-7-9(16)5-6-11(10)15(19)20/h5-7,16,18H,4,8H2,1-3H3. The topological polar surface area (TPSA) is 104 Å². The highest BCUT2D eigenvalue weighted by molar-refractivity contribution is 5.98. The summed E-state index contributed by atoms with van der Waals surface area (Å²) in [6.45, 7) is 5.11. The first-order valence-electron chi connectivity index (χ1n) is 6.14. The zero-order chi connectivity index (χ0) is 15.5. The Balaban J connectivity index is 3.18. The first-order valence-corrected chi connectivity index (χ1v) is 6.14. The van der Waals surface area contributed by atoms with E-state index in [1.807, 2.05) is 0 Å². The zero-order valence-electron chi connectivity index (χ0n) is 11.7. The maximum Gasteiger partial charge on any atom is 0.282 e. The van der Waals surface area contributed by atoms with Gasteiger partial charge in [-0.2, -0.15) is 0 Å². The van der Waals surface area contributed by atoms with Gasteiger partial charge >= 0.3 is 0 Å². The molecule has 7 nitrogen and oxygen atoms in total. The van der Waals surface area contributed by atoms with E-state index in [4.69, 9.17) is 0 Å². The number of nitro benzene ring substituents is 1. The lowest BCUT2D eigenvalue weighted by Crippen LogP contribution is -2.42. The summed E-state index contributed by atoms with van der Waals surface area (Å²) in [5.41, 5.74) is -1.68. The zero-order valence-corrected chi connectivity index (χ0v) is 11.7. The van der Waals surface area contributed by atoms with Gasteiger partial charge in [-0.3, -0.25) is 14.9 Å². The number of nitro groups is 1. The van der Waals surface area contributed by atoms with Gasteiger partial charge in [0.05, 0.1) is 10.5 Å². The number of likely N-dealkylation sites (N-methyl/N-ethyl adjacent to an activating group) is 1. The van der Waals surface area contributed by atoms with E-state index in [1.165, 1.54) is 4.90 Å². The summed E-state index contributed by atoms with van der Waals surface area (Å²) >= 11 is 0. The van der Waals surface area contributed by atoms with Crippen LogP contribution in [0.4, 0.5) is 5.69 Å². The Labute approximate surface area is 116 Å². The van der Waals surface area contributed by atoms with E-state index in [-0.39, 0.29) is 30.1 Å². The lowest BCUT2D eigenvalue weighted by atomic mass is 10.1. The highest BCUT2D eigenvalue weighted by Crippen LogP contribution is 2.25. The number of aromatic hydroxyl groups is 1. The molecule has 0 unspecified atom stereocenters. The Morgan fingerprint density at radius 1 is 1.45 bits per heavy atom. The van der Waals surface area contributed by atoms with Gasteiger partial charge in [0.15, 0.2) is 0 Å². The molecule has 0 aromatic heterocycles. The summed E-state index contributed by atoms with van der Waals surface area (Å²) in [5.74, 6) is -0.824. The maximum absolute atomic E-state index is 12.3. The molecule has 2 N–H and O–H groups in total. The summed E-state index contributed by atoms with van der Waals surface area (Å²) in [7, 11) is 0. The highest BCUT2D eigenvalue weighted by Gasteiger charge is 2.27. The first-order chi connectivity index (χ1) is 9.15. The van der Waals surface area contributed by atoms with Gasteiger partial charge in [0, 0.05) is 19.2 Å². The van der Waals surface area contributed by atoms with E-state index >= 15 is 0 Å². The number of nitrogens with zero attached hydrogens (tertiary/aromatic N) is 2. The number of phenols is 1. The molecule has 1 aromatic rings. The average molecular weight is 282 g/mol. The van der Waals surface area contributed by atoms with Crippen LogP contribution >= 0.6 is 0 Å². The monoisotopic (exact) mass is 282 g/mol. The third kappa shape index (κ3) is 3.92. The molecule has 7 heteroatoms. The largest absolute Gasteiger partial charge is 0.508 e. The van der Waals surface area contributed by atoms with Gasteiger partial charge in [0.2, 0.25) is 0 Å². The van der Waals surface area contributed by atoms with E-state index in [1.54, 1.807) is 20.8 Å². The lowest BCUT2D eigenvalue weighted by Gasteiger charge is -2.28. The second-order valence-corrected chi connectivity index (χ2v) is 5.09. The van der Waals surface area contributed by atoms with Gasteiger partial charge < -0.3 is 15.1 Å². The number of carbonyl (C=O) groups is 1. The van der Waals surface area contributed by atoms with Crippen LogP contribution in [0.15, 0.2) is 18.2 Å². The molecule has 1 rings (SSSR count). The van der Waals surface area contributed by atoms with Gasteiger partial charge in [-0.25, -0.2) is 0 Å². The summed E-state index contributed by atoms with van der Waals surface area (Å²) in [4.78, 5) is 23.9. The molecule has 0 bridgehead atoms. The number of aliphatic hydroxyl groups is 1. The van der Waals surface area contributed by atoms with E-state index in [0.29, 0.717) is 0 Å². The predicted molar refractivity (Wildman–Crippen MR) is 72.6 cm³/mol. The van der Waals surface area contributed by atoms with Gasteiger partial charge in [-0.15, -0.1) is 0 Å². The number of phenolic OH excluding ortho intramolecular Hbond substituents is 1. The minimum atomic E-state index is -1.11. The molecule has 0 aliphatic rings. The SMILES string of the molecule is CCN(CC(C)(C)O)C(=O)c1cc(O)ccc1[N+](=O)[O-]. The predicted octanol–water partition coefficient (Wildman–Crippen LogP) is 1.53. The van der Waals surface area contributed by atoms with Crippen molar-refractivity contribution in [3.8, 4) is 5.75 Å². The van der Waals surface area contributed by atoms with Crippen LogP contribution in [0.5, 0.6) is 5.75 Å². The van der Waals surface area contributed by atoms with Crippen molar-refractivity contribution in [3.05, 3.63) is 33.9 Å². The number of hydrogen-bond acceptors (Lipinski definition) is 5. The van der Waals surface area contributed by atoms with Crippen molar-refractivity contribution in [1.82, 2.24) is 4.90 Å². The minimum Gasteiger partial charge on any atom is -0.508 e. The quantitative estimate of drug-likeness (QED) is 0.629. The molecule has 1 aromatic carbocycles. The second kappa shape index (κ2) is 5.87. The van der Waals surface area contributed by atoms with Crippen LogP contribution in [0.1, 0.15) is 31.1 Å². The molecule has 0 heterocycles. The number of amides is 1. The van der Waals surface area contributed by atoms with E-state index in [0.717, 1.165) is 18.2 Å². The lowest BCUT2D eigenvalue weighted by molar-refractivity contribution is -0.385. The van der Waals surface area contributed by atoms with Crippen molar-refractivity contribution in [2.75, 3.05) is 13.1 Å². The van der Waals surface area contributed by atoms with E-state index in [2.05, 4.69) is 0 Å². The molecule has 0 spiro atoms. The maximum atomic E-state index is 12.3. The molecule has 20 heavy (non-hydrogen) atoms. The Bertz CT molecular complexity index is 522. The van der Waals surface area contributed by atoms with Crippen molar-refractivity contribution >= 4 is 11.6 Å². The Kier molecular flexibility index (Phi) is 4.67. The normalized spacial score (nSPS) is 11.2. The molecule has 0 aliphatic carbocycles. The number of benzene rings is 1. The third-order valence-electron chi connectivity index (χ3n) is 2.65. The van der Waals surface area contributed by atoms with Gasteiger partial charge in [0.1, 0.15) is 11.3 Å². The fourth-order valence-corrected chi connectivity index (χ4v) is 1.82. The molecule has 0 radical (unpaired) electrons. The average Bonchev–Trinajstić information content (AvgIpc) is 2.33. The molecule has 0 aliphatic heterocycles. The molecular formula is C13H18N2O5. The fraction of sp³-hybridized carbons (Fsp3) is 0.462. The van der Waals surface area contributed by atoms with Crippen LogP contribution in [0, 0.1) is 10.1 Å².